The lowest BCUT2D eigenvalue weighted by molar-refractivity contribution is -0.158. The second-order valence-corrected chi connectivity index (χ2v) is 7.75. The summed E-state index contributed by atoms with van der Waals surface area (Å²) in [6.07, 6.45) is -1.23. The number of benzene rings is 1. The molecule has 0 aliphatic carbocycles. The molecule has 0 spiro atoms. The van der Waals surface area contributed by atoms with E-state index in [-0.39, 0.29) is 16.5 Å². The molecule has 0 aromatic heterocycles. The minimum atomic E-state index is -4.00. The number of nitrogens with one attached hydrogen (secondary N) is 2. The maximum atomic E-state index is 12.3. The Morgan fingerprint density at radius 1 is 1.35 bits per heavy atom. The van der Waals surface area contributed by atoms with Gasteiger partial charge in [-0.2, -0.15) is 4.72 Å². The Morgan fingerprint density at radius 2 is 2.04 bits per heavy atom. The zero-order chi connectivity index (χ0) is 19.5. The molecule has 0 radical (unpaired) electrons. The second kappa shape index (κ2) is 8.02. The fourth-order valence-corrected chi connectivity index (χ4v) is 3.70. The lowest BCUT2D eigenvalue weighted by Crippen LogP contribution is -2.45. The number of amides is 3. The van der Waals surface area contributed by atoms with Crippen LogP contribution >= 0.6 is 11.6 Å². The number of hydrogen-bond donors (Lipinski definition) is 2. The van der Waals surface area contributed by atoms with Gasteiger partial charge >= 0.3 is 12.0 Å². The van der Waals surface area contributed by atoms with Gasteiger partial charge in [0.1, 0.15) is 6.04 Å². The third-order valence-corrected chi connectivity index (χ3v) is 5.33. The molecule has 3 amide bonds. The number of rotatable bonds is 6. The van der Waals surface area contributed by atoms with E-state index in [9.17, 15) is 22.8 Å². The first-order valence-electron chi connectivity index (χ1n) is 7.69. The highest BCUT2D eigenvalue weighted by atomic mass is 35.5. The van der Waals surface area contributed by atoms with Gasteiger partial charge in [0.2, 0.25) is 10.0 Å². The SMILES string of the molecule is C[C@H](NS(=O)(=O)c1cccc(Cl)c1)C(=O)O[C@@H](C)C(=O)N1CCNC1=O. The molecule has 0 saturated carbocycles. The first-order chi connectivity index (χ1) is 12.1. The van der Waals surface area contributed by atoms with Crippen molar-refractivity contribution >= 4 is 39.5 Å². The Bertz CT molecular complexity index is 828. The molecular formula is C15H18ClN3O6S. The molecule has 1 heterocycles. The number of carbonyl (C=O) groups excluding carboxylic acids is 3. The van der Waals surface area contributed by atoms with E-state index in [1.807, 2.05) is 0 Å². The van der Waals surface area contributed by atoms with Crippen LogP contribution in [0.15, 0.2) is 29.2 Å². The lowest BCUT2D eigenvalue weighted by atomic mass is 10.3. The Morgan fingerprint density at radius 3 is 2.62 bits per heavy atom. The van der Waals surface area contributed by atoms with Gasteiger partial charge in [-0.3, -0.25) is 14.5 Å². The number of imide groups is 1. The first-order valence-corrected chi connectivity index (χ1v) is 9.55. The van der Waals surface area contributed by atoms with Gasteiger partial charge in [0.15, 0.2) is 6.10 Å². The Hall–Kier alpha value is -2.17. The van der Waals surface area contributed by atoms with E-state index in [4.69, 9.17) is 16.3 Å². The highest BCUT2D eigenvalue weighted by molar-refractivity contribution is 7.89. The van der Waals surface area contributed by atoms with Gasteiger partial charge in [0.05, 0.1) is 4.90 Å². The molecule has 1 aromatic rings. The number of hydrogen-bond acceptors (Lipinski definition) is 6. The van der Waals surface area contributed by atoms with Crippen LogP contribution < -0.4 is 10.0 Å². The van der Waals surface area contributed by atoms with Crippen molar-refractivity contribution in [3.63, 3.8) is 0 Å². The molecule has 11 heteroatoms. The first kappa shape index (κ1) is 20.1. The molecule has 1 fully saturated rings. The predicted octanol–water partition coefficient (Wildman–Crippen LogP) is 0.490. The molecule has 2 N–H and O–H groups in total. The summed E-state index contributed by atoms with van der Waals surface area (Å²) < 4.78 is 31.7. The lowest BCUT2D eigenvalue weighted by Gasteiger charge is -2.20. The van der Waals surface area contributed by atoms with E-state index < -0.39 is 40.1 Å². The van der Waals surface area contributed by atoms with Gasteiger partial charge < -0.3 is 10.1 Å². The zero-order valence-electron chi connectivity index (χ0n) is 14.1. The predicted molar refractivity (Wildman–Crippen MR) is 91.9 cm³/mol. The molecule has 142 valence electrons. The van der Waals surface area contributed by atoms with E-state index >= 15 is 0 Å². The van der Waals surface area contributed by atoms with E-state index in [0.717, 1.165) is 4.90 Å². The number of urea groups is 1. The van der Waals surface area contributed by atoms with Crippen molar-refractivity contribution in [3.8, 4) is 0 Å². The van der Waals surface area contributed by atoms with Crippen molar-refractivity contribution in [3.05, 3.63) is 29.3 Å². The average molecular weight is 404 g/mol. The number of carbonyl (C=O) groups is 3. The molecule has 1 aliphatic heterocycles. The van der Waals surface area contributed by atoms with Crippen molar-refractivity contribution in [1.82, 2.24) is 14.9 Å². The maximum absolute atomic E-state index is 12.3. The molecule has 0 unspecified atom stereocenters. The standard InChI is InChI=1S/C15H18ClN3O6S/c1-9(18-26(23,24)12-5-3-4-11(16)8-12)14(21)25-10(2)13(20)19-7-6-17-15(19)22/h3-5,8-10,18H,6-7H2,1-2H3,(H,17,22)/t9-,10-/m0/s1. The summed E-state index contributed by atoms with van der Waals surface area (Å²) in [6.45, 7) is 3.09. The highest BCUT2D eigenvalue weighted by Crippen LogP contribution is 2.16. The van der Waals surface area contributed by atoms with E-state index in [1.54, 1.807) is 0 Å². The van der Waals surface area contributed by atoms with Crippen LogP contribution in [-0.2, 0) is 24.3 Å². The van der Waals surface area contributed by atoms with Gasteiger partial charge in [0.25, 0.3) is 5.91 Å². The summed E-state index contributed by atoms with van der Waals surface area (Å²) in [5.74, 6) is -1.63. The smallest absolute Gasteiger partial charge is 0.324 e. The molecule has 2 rings (SSSR count). The van der Waals surface area contributed by atoms with Crippen LogP contribution in [0.1, 0.15) is 13.8 Å². The monoisotopic (exact) mass is 403 g/mol. The summed E-state index contributed by atoms with van der Waals surface area (Å²) in [6, 6.07) is 3.72. The van der Waals surface area contributed by atoms with Crippen LogP contribution in [0.2, 0.25) is 5.02 Å². The number of nitrogens with zero attached hydrogens (tertiary/aromatic N) is 1. The second-order valence-electron chi connectivity index (χ2n) is 5.60. The zero-order valence-corrected chi connectivity index (χ0v) is 15.6. The fourth-order valence-electron chi connectivity index (χ4n) is 2.21. The molecule has 9 nitrogen and oxygen atoms in total. The Balaban J connectivity index is 1.98. The molecule has 2 atom stereocenters. The van der Waals surface area contributed by atoms with E-state index in [2.05, 4.69) is 10.0 Å². The highest BCUT2D eigenvalue weighted by Gasteiger charge is 2.33. The van der Waals surface area contributed by atoms with Gasteiger partial charge in [0, 0.05) is 18.1 Å². The van der Waals surface area contributed by atoms with Crippen molar-refractivity contribution < 1.29 is 27.5 Å². The topological polar surface area (TPSA) is 122 Å². The normalized spacial score (nSPS) is 16.7. The van der Waals surface area contributed by atoms with E-state index in [1.165, 1.54) is 38.1 Å². The average Bonchev–Trinajstić information content (AvgIpc) is 2.99. The molecule has 26 heavy (non-hydrogen) atoms. The number of halogens is 1. The minimum Gasteiger partial charge on any atom is -0.451 e. The van der Waals surface area contributed by atoms with Gasteiger partial charge in [-0.15, -0.1) is 0 Å². The van der Waals surface area contributed by atoms with Gasteiger partial charge in [-0.25, -0.2) is 13.2 Å². The van der Waals surface area contributed by atoms with Crippen LogP contribution in [0.4, 0.5) is 4.79 Å². The quantitative estimate of drug-likeness (QED) is 0.666. The van der Waals surface area contributed by atoms with Crippen molar-refractivity contribution in [2.24, 2.45) is 0 Å². The summed E-state index contributed by atoms with van der Waals surface area (Å²) in [4.78, 5) is 36.5. The number of sulfonamides is 1. The van der Waals surface area contributed by atoms with Crippen LogP contribution in [0.5, 0.6) is 0 Å². The molecular weight excluding hydrogens is 386 g/mol. The van der Waals surface area contributed by atoms with E-state index in [0.29, 0.717) is 6.54 Å². The number of ether oxygens (including phenoxy) is 1. The molecule has 0 bridgehead atoms. The van der Waals surface area contributed by atoms with Gasteiger partial charge in [-0.1, -0.05) is 17.7 Å². The minimum absolute atomic E-state index is 0.109. The fraction of sp³-hybridized carbons (Fsp3) is 0.400. The van der Waals surface area contributed by atoms with Crippen molar-refractivity contribution in [2.75, 3.05) is 13.1 Å². The van der Waals surface area contributed by atoms with Crippen LogP contribution in [-0.4, -0.2) is 56.5 Å². The number of esters is 1. The Labute approximate surface area is 155 Å². The summed E-state index contributed by atoms with van der Waals surface area (Å²) in [7, 11) is -4.00. The van der Waals surface area contributed by atoms with Gasteiger partial charge in [-0.05, 0) is 32.0 Å². The molecule has 1 aromatic carbocycles. The third kappa shape index (κ3) is 4.71. The maximum Gasteiger partial charge on any atom is 0.324 e. The molecule has 1 saturated heterocycles. The summed E-state index contributed by atoms with van der Waals surface area (Å²) in [5, 5.41) is 2.69. The summed E-state index contributed by atoms with van der Waals surface area (Å²) >= 11 is 5.77. The van der Waals surface area contributed by atoms with Crippen molar-refractivity contribution in [2.45, 2.75) is 30.9 Å². The third-order valence-electron chi connectivity index (χ3n) is 3.56. The van der Waals surface area contributed by atoms with Crippen LogP contribution in [0.25, 0.3) is 0 Å². The summed E-state index contributed by atoms with van der Waals surface area (Å²) in [5.41, 5.74) is 0. The van der Waals surface area contributed by atoms with Crippen molar-refractivity contribution in [1.29, 1.82) is 0 Å². The largest absolute Gasteiger partial charge is 0.451 e. The molecule has 1 aliphatic rings. The Kier molecular flexibility index (Phi) is 6.21. The van der Waals surface area contributed by atoms with Crippen LogP contribution in [0.3, 0.4) is 0 Å². The van der Waals surface area contributed by atoms with Crippen LogP contribution in [0, 0.1) is 0 Å².